The standard InChI is InChI=1S/C23H35N5O2.HI/c1-17(18-9-5-4-6-10-18)25-23(24-15-21(29)27(2)3)26-20-13-14-28(16-20)22(30)19-11-7-8-12-19;/h4-6,9-10,17,19-20H,7-8,11-16H2,1-3H3,(H2,24,25,26);1H. The zero-order valence-corrected chi connectivity index (χ0v) is 21.2. The monoisotopic (exact) mass is 541 g/mol. The molecule has 1 aliphatic heterocycles. The summed E-state index contributed by atoms with van der Waals surface area (Å²) < 4.78 is 0. The van der Waals surface area contributed by atoms with Gasteiger partial charge in [-0.1, -0.05) is 43.2 Å². The molecule has 2 amide bonds. The van der Waals surface area contributed by atoms with E-state index in [4.69, 9.17) is 0 Å². The number of nitrogens with zero attached hydrogens (tertiary/aromatic N) is 3. The number of carbonyl (C=O) groups is 2. The van der Waals surface area contributed by atoms with Gasteiger partial charge in [0.05, 0.1) is 6.04 Å². The number of hydrogen-bond acceptors (Lipinski definition) is 3. The quantitative estimate of drug-likeness (QED) is 0.330. The van der Waals surface area contributed by atoms with Gasteiger partial charge in [0.2, 0.25) is 11.8 Å². The second-order valence-electron chi connectivity index (χ2n) is 8.63. The molecule has 1 saturated heterocycles. The van der Waals surface area contributed by atoms with Crippen LogP contribution in [-0.4, -0.2) is 67.3 Å². The molecule has 7 nitrogen and oxygen atoms in total. The molecule has 0 bridgehead atoms. The van der Waals surface area contributed by atoms with Crippen molar-refractivity contribution in [3.63, 3.8) is 0 Å². The molecule has 1 aromatic rings. The second-order valence-corrected chi connectivity index (χ2v) is 8.63. The van der Waals surface area contributed by atoms with Crippen molar-refractivity contribution in [1.82, 2.24) is 20.4 Å². The Hall–Kier alpha value is -1.84. The van der Waals surface area contributed by atoms with Crippen LogP contribution < -0.4 is 10.6 Å². The van der Waals surface area contributed by atoms with Crippen LogP contribution in [0.3, 0.4) is 0 Å². The molecule has 0 aromatic heterocycles. The lowest BCUT2D eigenvalue weighted by atomic mass is 10.1. The first-order valence-corrected chi connectivity index (χ1v) is 11.1. The zero-order chi connectivity index (χ0) is 21.5. The molecule has 31 heavy (non-hydrogen) atoms. The highest BCUT2D eigenvalue weighted by Crippen LogP contribution is 2.27. The maximum Gasteiger partial charge on any atom is 0.243 e. The molecule has 0 radical (unpaired) electrons. The summed E-state index contributed by atoms with van der Waals surface area (Å²) in [5, 5.41) is 6.88. The fourth-order valence-electron chi connectivity index (χ4n) is 4.15. The minimum atomic E-state index is -0.0482. The first-order valence-electron chi connectivity index (χ1n) is 11.1. The van der Waals surface area contributed by atoms with Gasteiger partial charge in [0.15, 0.2) is 5.96 Å². The minimum absolute atomic E-state index is 0. The van der Waals surface area contributed by atoms with Crippen LogP contribution in [0.25, 0.3) is 0 Å². The molecule has 172 valence electrons. The third-order valence-corrected chi connectivity index (χ3v) is 6.07. The van der Waals surface area contributed by atoms with Crippen molar-refractivity contribution in [2.24, 2.45) is 10.9 Å². The molecule has 1 heterocycles. The average Bonchev–Trinajstić information content (AvgIpc) is 3.44. The van der Waals surface area contributed by atoms with Gasteiger partial charge >= 0.3 is 0 Å². The maximum absolute atomic E-state index is 12.7. The van der Waals surface area contributed by atoms with Gasteiger partial charge in [0, 0.05) is 39.1 Å². The van der Waals surface area contributed by atoms with E-state index in [-0.39, 0.29) is 54.4 Å². The number of guanidine groups is 1. The highest BCUT2D eigenvalue weighted by Gasteiger charge is 2.32. The topological polar surface area (TPSA) is 77.0 Å². The number of likely N-dealkylation sites (tertiary alicyclic amines) is 1. The smallest absolute Gasteiger partial charge is 0.243 e. The Morgan fingerprint density at radius 3 is 2.48 bits per heavy atom. The molecule has 1 aromatic carbocycles. The fourth-order valence-corrected chi connectivity index (χ4v) is 4.15. The molecule has 2 aliphatic rings. The summed E-state index contributed by atoms with van der Waals surface area (Å²) in [4.78, 5) is 32.8. The van der Waals surface area contributed by atoms with Gasteiger partial charge in [-0.15, -0.1) is 24.0 Å². The van der Waals surface area contributed by atoms with Crippen molar-refractivity contribution in [1.29, 1.82) is 0 Å². The van der Waals surface area contributed by atoms with E-state index in [9.17, 15) is 9.59 Å². The molecule has 2 fully saturated rings. The number of halogens is 1. The normalized spacial score (nSPS) is 20.2. The van der Waals surface area contributed by atoms with Gasteiger partial charge in [-0.2, -0.15) is 0 Å². The van der Waals surface area contributed by atoms with Crippen molar-refractivity contribution in [3.05, 3.63) is 35.9 Å². The number of likely N-dealkylation sites (N-methyl/N-ethyl adjacent to an activating group) is 1. The van der Waals surface area contributed by atoms with Crippen molar-refractivity contribution < 1.29 is 9.59 Å². The van der Waals surface area contributed by atoms with E-state index in [1.165, 1.54) is 12.8 Å². The van der Waals surface area contributed by atoms with Gasteiger partial charge in [-0.3, -0.25) is 9.59 Å². The van der Waals surface area contributed by atoms with Gasteiger partial charge in [-0.05, 0) is 31.7 Å². The van der Waals surface area contributed by atoms with Crippen LogP contribution >= 0.6 is 24.0 Å². The molecule has 1 saturated carbocycles. The van der Waals surface area contributed by atoms with E-state index < -0.39 is 0 Å². The van der Waals surface area contributed by atoms with E-state index in [0.29, 0.717) is 18.4 Å². The van der Waals surface area contributed by atoms with Crippen LogP contribution in [0.5, 0.6) is 0 Å². The minimum Gasteiger partial charge on any atom is -0.352 e. The zero-order valence-electron chi connectivity index (χ0n) is 18.8. The summed E-state index contributed by atoms with van der Waals surface area (Å²) in [5.74, 6) is 1.09. The first-order chi connectivity index (χ1) is 14.4. The van der Waals surface area contributed by atoms with Crippen LogP contribution in [0.1, 0.15) is 50.6 Å². The van der Waals surface area contributed by atoms with E-state index in [2.05, 4.69) is 34.7 Å². The van der Waals surface area contributed by atoms with Crippen molar-refractivity contribution >= 4 is 41.8 Å². The third kappa shape index (κ3) is 7.36. The number of hydrogen-bond donors (Lipinski definition) is 2. The van der Waals surface area contributed by atoms with Crippen LogP contribution in [0.2, 0.25) is 0 Å². The Morgan fingerprint density at radius 2 is 1.84 bits per heavy atom. The van der Waals surface area contributed by atoms with Crippen LogP contribution in [0, 0.1) is 5.92 Å². The van der Waals surface area contributed by atoms with E-state index in [1.54, 1.807) is 19.0 Å². The molecule has 1 aliphatic carbocycles. The van der Waals surface area contributed by atoms with Gasteiger partial charge < -0.3 is 20.4 Å². The molecule has 3 rings (SSSR count). The van der Waals surface area contributed by atoms with E-state index in [1.807, 2.05) is 23.1 Å². The van der Waals surface area contributed by atoms with Crippen molar-refractivity contribution in [3.8, 4) is 0 Å². The first kappa shape index (κ1) is 25.4. The Labute approximate surface area is 203 Å². The highest BCUT2D eigenvalue weighted by molar-refractivity contribution is 14.0. The average molecular weight is 541 g/mol. The second kappa shape index (κ2) is 12.3. The molecular weight excluding hydrogens is 505 g/mol. The summed E-state index contributed by atoms with van der Waals surface area (Å²) in [6.45, 7) is 3.63. The number of aliphatic imine (C=N–C) groups is 1. The largest absolute Gasteiger partial charge is 0.352 e. The summed E-state index contributed by atoms with van der Waals surface area (Å²) in [5.41, 5.74) is 1.15. The number of carbonyl (C=O) groups excluding carboxylic acids is 2. The Bertz CT molecular complexity index is 750. The fraction of sp³-hybridized carbons (Fsp3) is 0.609. The van der Waals surface area contributed by atoms with E-state index in [0.717, 1.165) is 31.4 Å². The summed E-state index contributed by atoms with van der Waals surface area (Å²) >= 11 is 0. The highest BCUT2D eigenvalue weighted by atomic mass is 127. The van der Waals surface area contributed by atoms with Gasteiger partial charge in [-0.25, -0.2) is 4.99 Å². The summed E-state index contributed by atoms with van der Waals surface area (Å²) in [6, 6.07) is 10.3. The lowest BCUT2D eigenvalue weighted by molar-refractivity contribution is -0.134. The summed E-state index contributed by atoms with van der Waals surface area (Å²) in [6.07, 6.45) is 5.29. The molecular formula is C23H36IN5O2. The number of rotatable bonds is 6. The van der Waals surface area contributed by atoms with Crippen LogP contribution in [0.15, 0.2) is 35.3 Å². The summed E-state index contributed by atoms with van der Waals surface area (Å²) in [7, 11) is 3.46. The molecule has 2 unspecified atom stereocenters. The van der Waals surface area contributed by atoms with E-state index >= 15 is 0 Å². The molecule has 2 atom stereocenters. The van der Waals surface area contributed by atoms with Gasteiger partial charge in [0.25, 0.3) is 0 Å². The predicted molar refractivity (Wildman–Crippen MR) is 134 cm³/mol. The van der Waals surface area contributed by atoms with Crippen LogP contribution in [0.4, 0.5) is 0 Å². The number of nitrogens with one attached hydrogen (secondary N) is 2. The number of benzene rings is 1. The Kier molecular flexibility index (Phi) is 10.1. The lowest BCUT2D eigenvalue weighted by Gasteiger charge is -2.23. The number of amides is 2. The van der Waals surface area contributed by atoms with Crippen molar-refractivity contribution in [2.75, 3.05) is 33.7 Å². The van der Waals surface area contributed by atoms with Crippen molar-refractivity contribution in [2.45, 2.75) is 51.1 Å². The SMILES string of the molecule is CC(NC(=NCC(=O)N(C)C)NC1CCN(C(=O)C2CCCC2)C1)c1ccccc1.I. The third-order valence-electron chi connectivity index (χ3n) is 6.07. The molecule has 2 N–H and O–H groups in total. The Balaban J connectivity index is 0.00000341. The maximum atomic E-state index is 12.7. The molecule has 8 heteroatoms. The Morgan fingerprint density at radius 1 is 1.16 bits per heavy atom. The molecule has 0 spiro atoms. The lowest BCUT2D eigenvalue weighted by Crippen LogP contribution is -2.46. The predicted octanol–water partition coefficient (Wildman–Crippen LogP) is 2.78. The van der Waals surface area contributed by atoms with Crippen LogP contribution in [-0.2, 0) is 9.59 Å². The van der Waals surface area contributed by atoms with Gasteiger partial charge in [0.1, 0.15) is 6.54 Å².